The van der Waals surface area contributed by atoms with Gasteiger partial charge in [0.1, 0.15) is 23.3 Å². The van der Waals surface area contributed by atoms with E-state index in [0.717, 1.165) is 15.8 Å². The third kappa shape index (κ3) is 5.32. The van der Waals surface area contributed by atoms with E-state index in [2.05, 4.69) is 15.9 Å². The number of hydrogen-bond acceptors (Lipinski definition) is 6. The molecule has 0 aromatic heterocycles. The number of thioether (sulfide) groups is 1. The number of amides is 1. The van der Waals surface area contributed by atoms with Gasteiger partial charge in [0.05, 0.1) is 16.5 Å². The summed E-state index contributed by atoms with van der Waals surface area (Å²) in [5, 5.41) is 0. The number of halogens is 1. The van der Waals surface area contributed by atoms with Crippen molar-refractivity contribution in [3.63, 3.8) is 0 Å². The van der Waals surface area contributed by atoms with Gasteiger partial charge in [-0.25, -0.2) is 0 Å². The summed E-state index contributed by atoms with van der Waals surface area (Å²) in [7, 11) is 1.58. The summed E-state index contributed by atoms with van der Waals surface area (Å²) in [6, 6.07) is 13.3. The van der Waals surface area contributed by atoms with Crippen LogP contribution in [0.3, 0.4) is 0 Å². The maximum Gasteiger partial charge on any atom is 0.266 e. The molecule has 152 valence electrons. The maximum absolute atomic E-state index is 12.4. The van der Waals surface area contributed by atoms with Crippen molar-refractivity contribution in [1.82, 2.24) is 4.90 Å². The highest BCUT2D eigenvalue weighted by molar-refractivity contribution is 9.10. The van der Waals surface area contributed by atoms with Gasteiger partial charge in [-0.3, -0.25) is 9.69 Å². The quantitative estimate of drug-likeness (QED) is 0.288. The molecule has 1 amide bonds. The number of nitrogens with zero attached hydrogens (tertiary/aromatic N) is 1. The lowest BCUT2D eigenvalue weighted by atomic mass is 10.2. The molecule has 0 atom stereocenters. The molecule has 2 aromatic carbocycles. The average Bonchev–Trinajstić information content (AvgIpc) is 2.99. The second-order valence-corrected chi connectivity index (χ2v) is 8.50. The molecular weight excluding hydrogens is 474 g/mol. The second-order valence-electron chi connectivity index (χ2n) is 5.97. The zero-order valence-corrected chi connectivity index (χ0v) is 19.2. The molecule has 0 spiro atoms. The first-order chi connectivity index (χ1) is 14.0. The monoisotopic (exact) mass is 493 g/mol. The summed E-state index contributed by atoms with van der Waals surface area (Å²) >= 11 is 10.1. The Morgan fingerprint density at radius 1 is 1.17 bits per heavy atom. The van der Waals surface area contributed by atoms with E-state index < -0.39 is 0 Å². The van der Waals surface area contributed by atoms with Crippen LogP contribution in [0, 0.1) is 0 Å². The molecule has 1 fully saturated rings. The predicted molar refractivity (Wildman–Crippen MR) is 124 cm³/mol. The fourth-order valence-electron chi connectivity index (χ4n) is 2.71. The smallest absolute Gasteiger partial charge is 0.266 e. The van der Waals surface area contributed by atoms with Crippen LogP contribution in [-0.4, -0.2) is 42.0 Å². The van der Waals surface area contributed by atoms with Crippen molar-refractivity contribution < 1.29 is 19.0 Å². The van der Waals surface area contributed by atoms with Crippen LogP contribution in [0.15, 0.2) is 51.8 Å². The minimum Gasteiger partial charge on any atom is -0.493 e. The van der Waals surface area contributed by atoms with Crippen LogP contribution < -0.4 is 14.2 Å². The van der Waals surface area contributed by atoms with Crippen LogP contribution in [0.5, 0.6) is 17.2 Å². The van der Waals surface area contributed by atoms with Crippen molar-refractivity contribution in [2.24, 2.45) is 0 Å². The molecule has 0 unspecified atom stereocenters. The minimum absolute atomic E-state index is 0.0732. The van der Waals surface area contributed by atoms with Gasteiger partial charge in [0, 0.05) is 6.54 Å². The standard InChI is InChI=1S/C21H20BrNO4S2/c1-3-23-20(24)18(29-21(23)28)13-14-11-16(22)19(17(12-14)25-2)27-10-9-26-15-7-5-4-6-8-15/h4-8,11-13H,3,9-10H2,1-2H3. The van der Waals surface area contributed by atoms with Gasteiger partial charge in [0.15, 0.2) is 11.5 Å². The van der Waals surface area contributed by atoms with E-state index in [1.165, 1.54) is 11.8 Å². The summed E-state index contributed by atoms with van der Waals surface area (Å²) in [5.74, 6) is 1.87. The van der Waals surface area contributed by atoms with Crippen molar-refractivity contribution in [2.75, 3.05) is 26.9 Å². The lowest BCUT2D eigenvalue weighted by Crippen LogP contribution is -2.27. The number of rotatable bonds is 8. The third-order valence-electron chi connectivity index (χ3n) is 4.08. The van der Waals surface area contributed by atoms with Crippen molar-refractivity contribution in [2.45, 2.75) is 6.92 Å². The van der Waals surface area contributed by atoms with Gasteiger partial charge in [0.25, 0.3) is 5.91 Å². The number of hydrogen-bond donors (Lipinski definition) is 0. The molecule has 5 nitrogen and oxygen atoms in total. The van der Waals surface area contributed by atoms with Gasteiger partial charge in [-0.15, -0.1) is 0 Å². The molecule has 0 radical (unpaired) electrons. The Kier molecular flexibility index (Phi) is 7.57. The summed E-state index contributed by atoms with van der Waals surface area (Å²) in [5.41, 5.74) is 0.818. The number of para-hydroxylation sites is 1. The van der Waals surface area contributed by atoms with Gasteiger partial charge in [-0.05, 0) is 58.8 Å². The Morgan fingerprint density at radius 2 is 1.90 bits per heavy atom. The summed E-state index contributed by atoms with van der Waals surface area (Å²) in [6.45, 7) is 3.23. The topological polar surface area (TPSA) is 48.0 Å². The lowest BCUT2D eigenvalue weighted by molar-refractivity contribution is -0.121. The average molecular weight is 494 g/mol. The Labute approximate surface area is 188 Å². The van der Waals surface area contributed by atoms with Crippen molar-refractivity contribution in [1.29, 1.82) is 0 Å². The molecule has 0 bridgehead atoms. The van der Waals surface area contributed by atoms with Crippen LogP contribution in [-0.2, 0) is 4.79 Å². The van der Waals surface area contributed by atoms with Gasteiger partial charge in [-0.1, -0.05) is 42.2 Å². The summed E-state index contributed by atoms with van der Waals surface area (Å²) in [4.78, 5) is 14.6. The number of benzene rings is 2. The molecular formula is C21H20BrNO4S2. The van der Waals surface area contributed by atoms with E-state index in [4.69, 9.17) is 26.4 Å². The van der Waals surface area contributed by atoms with Crippen LogP contribution >= 0.6 is 39.9 Å². The predicted octanol–water partition coefficient (Wildman–Crippen LogP) is 5.14. The first-order valence-corrected chi connectivity index (χ1v) is 11.0. The van der Waals surface area contributed by atoms with E-state index in [0.29, 0.717) is 40.5 Å². The number of methoxy groups -OCH3 is 1. The Morgan fingerprint density at radius 3 is 2.55 bits per heavy atom. The van der Waals surface area contributed by atoms with Gasteiger partial charge in [0.2, 0.25) is 0 Å². The SMILES string of the molecule is CCN1C(=O)C(=Cc2cc(Br)c(OCCOc3ccccc3)c(OC)c2)SC1=S. The number of likely N-dealkylation sites (N-methyl/N-ethyl adjacent to an activating group) is 1. The molecule has 1 heterocycles. The zero-order chi connectivity index (χ0) is 20.8. The molecule has 8 heteroatoms. The fourth-order valence-corrected chi connectivity index (χ4v) is 4.67. The minimum atomic E-state index is -0.0732. The normalized spacial score (nSPS) is 15.1. The first-order valence-electron chi connectivity index (χ1n) is 8.97. The van der Waals surface area contributed by atoms with E-state index in [-0.39, 0.29) is 5.91 Å². The fraction of sp³-hybridized carbons (Fsp3) is 0.238. The van der Waals surface area contributed by atoms with E-state index in [9.17, 15) is 4.79 Å². The molecule has 1 aliphatic rings. The van der Waals surface area contributed by atoms with E-state index in [1.54, 1.807) is 12.0 Å². The largest absolute Gasteiger partial charge is 0.493 e. The third-order valence-corrected chi connectivity index (χ3v) is 6.05. The molecule has 0 aliphatic carbocycles. The molecule has 0 N–H and O–H groups in total. The van der Waals surface area contributed by atoms with Gasteiger partial charge < -0.3 is 14.2 Å². The Balaban J connectivity index is 1.70. The lowest BCUT2D eigenvalue weighted by Gasteiger charge is -2.14. The molecule has 3 rings (SSSR count). The number of ether oxygens (including phenoxy) is 3. The molecule has 1 saturated heterocycles. The van der Waals surface area contributed by atoms with Crippen LogP contribution in [0.4, 0.5) is 0 Å². The van der Waals surface area contributed by atoms with E-state index >= 15 is 0 Å². The maximum atomic E-state index is 12.4. The zero-order valence-electron chi connectivity index (χ0n) is 16.0. The second kappa shape index (κ2) is 10.1. The highest BCUT2D eigenvalue weighted by Crippen LogP contribution is 2.39. The van der Waals surface area contributed by atoms with Gasteiger partial charge in [-0.2, -0.15) is 0 Å². The first kappa shape index (κ1) is 21.7. The van der Waals surface area contributed by atoms with Crippen LogP contribution in [0.2, 0.25) is 0 Å². The van der Waals surface area contributed by atoms with Crippen molar-refractivity contribution >= 4 is 56.2 Å². The van der Waals surface area contributed by atoms with Crippen LogP contribution in [0.25, 0.3) is 6.08 Å². The van der Waals surface area contributed by atoms with Crippen molar-refractivity contribution in [3.05, 3.63) is 57.4 Å². The highest BCUT2D eigenvalue weighted by atomic mass is 79.9. The Hall–Kier alpha value is -2.03. The van der Waals surface area contributed by atoms with Gasteiger partial charge >= 0.3 is 0 Å². The number of carbonyl (C=O) groups is 1. The summed E-state index contributed by atoms with van der Waals surface area (Å²) < 4.78 is 18.3. The van der Waals surface area contributed by atoms with E-state index in [1.807, 2.05) is 55.5 Å². The number of carbonyl (C=O) groups excluding carboxylic acids is 1. The van der Waals surface area contributed by atoms with Crippen LogP contribution in [0.1, 0.15) is 12.5 Å². The molecule has 0 saturated carbocycles. The molecule has 29 heavy (non-hydrogen) atoms. The summed E-state index contributed by atoms with van der Waals surface area (Å²) in [6.07, 6.45) is 1.81. The number of thiocarbonyl (C=S) groups is 1. The molecule has 1 aliphatic heterocycles. The molecule has 2 aromatic rings. The highest BCUT2D eigenvalue weighted by Gasteiger charge is 2.30. The van der Waals surface area contributed by atoms with Crippen molar-refractivity contribution in [3.8, 4) is 17.2 Å². The Bertz CT molecular complexity index is 934.